The Morgan fingerprint density at radius 1 is 1.48 bits per heavy atom. The van der Waals surface area contributed by atoms with Gasteiger partial charge in [0.2, 0.25) is 5.82 Å². The number of aliphatic hydroxyl groups is 1. The van der Waals surface area contributed by atoms with Crippen molar-refractivity contribution in [2.24, 2.45) is 7.05 Å². The summed E-state index contributed by atoms with van der Waals surface area (Å²) in [5.74, 6) is 0.938. The van der Waals surface area contributed by atoms with Crippen molar-refractivity contribution in [3.05, 3.63) is 45.6 Å². The molecule has 0 bridgehead atoms. The quantitative estimate of drug-likeness (QED) is 0.595. The monoisotopic (exact) mass is 320 g/mol. The average molecular weight is 320 g/mol. The zero-order chi connectivity index (χ0) is 17.0. The Bertz CT molecular complexity index is 699. The van der Waals surface area contributed by atoms with Crippen LogP contribution in [-0.2, 0) is 7.05 Å². The van der Waals surface area contributed by atoms with Crippen LogP contribution >= 0.6 is 0 Å². The standard InChI is InChI=1S/C15H20N4O4/c1-10-5-4-6-13(7-10)23-9-12(20)8-16-15-14(19(21)22)11(2)17-18(15)3/h4-7,12,16,20H,8-9H2,1-3H3. The van der Waals surface area contributed by atoms with Crippen LogP contribution < -0.4 is 10.1 Å². The molecule has 1 unspecified atom stereocenters. The van der Waals surface area contributed by atoms with Crippen molar-refractivity contribution < 1.29 is 14.8 Å². The molecule has 2 rings (SSSR count). The number of aromatic nitrogens is 2. The summed E-state index contributed by atoms with van der Waals surface area (Å²) >= 11 is 0. The van der Waals surface area contributed by atoms with E-state index in [2.05, 4.69) is 10.4 Å². The highest BCUT2D eigenvalue weighted by atomic mass is 16.6. The lowest BCUT2D eigenvalue weighted by Gasteiger charge is -2.14. The summed E-state index contributed by atoms with van der Waals surface area (Å²) in [5.41, 5.74) is 1.31. The second-order valence-electron chi connectivity index (χ2n) is 5.33. The van der Waals surface area contributed by atoms with Crippen molar-refractivity contribution in [3.63, 3.8) is 0 Å². The van der Waals surface area contributed by atoms with Gasteiger partial charge in [-0.15, -0.1) is 0 Å². The molecule has 2 aromatic rings. The first-order valence-electron chi connectivity index (χ1n) is 7.18. The van der Waals surface area contributed by atoms with Crippen molar-refractivity contribution >= 4 is 11.5 Å². The van der Waals surface area contributed by atoms with E-state index in [-0.39, 0.29) is 24.7 Å². The number of anilines is 1. The highest BCUT2D eigenvalue weighted by molar-refractivity contribution is 5.59. The summed E-state index contributed by atoms with van der Waals surface area (Å²) in [6, 6.07) is 7.50. The number of hydrogen-bond acceptors (Lipinski definition) is 6. The van der Waals surface area contributed by atoms with Crippen LogP contribution in [0.5, 0.6) is 5.75 Å². The van der Waals surface area contributed by atoms with Gasteiger partial charge in [-0.2, -0.15) is 5.10 Å². The third-order valence-electron chi connectivity index (χ3n) is 3.31. The van der Waals surface area contributed by atoms with E-state index in [1.54, 1.807) is 14.0 Å². The fourth-order valence-corrected chi connectivity index (χ4v) is 2.23. The molecule has 2 N–H and O–H groups in total. The number of aryl methyl sites for hydroxylation is 3. The van der Waals surface area contributed by atoms with Crippen LogP contribution in [0.25, 0.3) is 0 Å². The van der Waals surface area contributed by atoms with Crippen molar-refractivity contribution in [1.29, 1.82) is 0 Å². The van der Waals surface area contributed by atoms with Crippen molar-refractivity contribution in [2.75, 3.05) is 18.5 Å². The predicted octanol–water partition coefficient (Wildman–Crippen LogP) is 1.80. The molecular weight excluding hydrogens is 300 g/mol. The summed E-state index contributed by atoms with van der Waals surface area (Å²) in [6.45, 7) is 3.72. The molecule has 1 atom stereocenters. The number of hydrogen-bond donors (Lipinski definition) is 2. The summed E-state index contributed by atoms with van der Waals surface area (Å²) in [7, 11) is 1.61. The molecule has 0 spiro atoms. The Morgan fingerprint density at radius 3 is 2.87 bits per heavy atom. The number of rotatable bonds is 7. The number of nitro groups is 1. The van der Waals surface area contributed by atoms with E-state index in [1.165, 1.54) is 4.68 Å². The van der Waals surface area contributed by atoms with Gasteiger partial charge < -0.3 is 15.2 Å². The van der Waals surface area contributed by atoms with Crippen LogP contribution in [0.15, 0.2) is 24.3 Å². The summed E-state index contributed by atoms with van der Waals surface area (Å²) in [6.07, 6.45) is -0.815. The third-order valence-corrected chi connectivity index (χ3v) is 3.31. The maximum Gasteiger partial charge on any atom is 0.333 e. The average Bonchev–Trinajstić information content (AvgIpc) is 2.77. The highest BCUT2D eigenvalue weighted by Gasteiger charge is 2.24. The van der Waals surface area contributed by atoms with E-state index < -0.39 is 11.0 Å². The zero-order valence-corrected chi connectivity index (χ0v) is 13.3. The van der Waals surface area contributed by atoms with Gasteiger partial charge in [-0.25, -0.2) is 4.68 Å². The molecule has 1 aromatic heterocycles. The Morgan fingerprint density at radius 2 is 2.22 bits per heavy atom. The molecule has 0 aliphatic heterocycles. The fraction of sp³-hybridized carbons (Fsp3) is 0.400. The molecule has 1 heterocycles. The van der Waals surface area contributed by atoms with Gasteiger partial charge >= 0.3 is 5.69 Å². The minimum atomic E-state index is -0.815. The smallest absolute Gasteiger partial charge is 0.333 e. The van der Waals surface area contributed by atoms with E-state index in [9.17, 15) is 15.2 Å². The van der Waals surface area contributed by atoms with Gasteiger partial charge in [-0.1, -0.05) is 12.1 Å². The van der Waals surface area contributed by atoms with Crippen LogP contribution in [0.2, 0.25) is 0 Å². The normalized spacial score (nSPS) is 12.0. The molecule has 0 aliphatic carbocycles. The molecule has 0 saturated carbocycles. The molecule has 0 saturated heterocycles. The molecule has 1 aromatic carbocycles. The van der Waals surface area contributed by atoms with Crippen molar-refractivity contribution in [1.82, 2.24) is 9.78 Å². The fourth-order valence-electron chi connectivity index (χ4n) is 2.23. The van der Waals surface area contributed by atoms with Crippen molar-refractivity contribution in [2.45, 2.75) is 20.0 Å². The van der Waals surface area contributed by atoms with Gasteiger partial charge in [-0.3, -0.25) is 10.1 Å². The molecule has 124 valence electrons. The van der Waals surface area contributed by atoms with Crippen LogP contribution in [0, 0.1) is 24.0 Å². The summed E-state index contributed by atoms with van der Waals surface area (Å²) in [5, 5.41) is 27.9. The molecule has 0 fully saturated rings. The Labute approximate surface area is 133 Å². The summed E-state index contributed by atoms with van der Waals surface area (Å²) in [4.78, 5) is 10.6. The van der Waals surface area contributed by atoms with E-state index in [0.29, 0.717) is 11.4 Å². The van der Waals surface area contributed by atoms with Gasteiger partial charge in [0, 0.05) is 13.6 Å². The van der Waals surface area contributed by atoms with Gasteiger partial charge in [0.25, 0.3) is 0 Å². The minimum Gasteiger partial charge on any atom is -0.491 e. The first-order valence-corrected chi connectivity index (χ1v) is 7.18. The lowest BCUT2D eigenvalue weighted by Crippen LogP contribution is -2.27. The minimum absolute atomic E-state index is 0.0840. The van der Waals surface area contributed by atoms with Crippen molar-refractivity contribution in [3.8, 4) is 5.75 Å². The van der Waals surface area contributed by atoms with Gasteiger partial charge in [0.05, 0.1) is 4.92 Å². The number of ether oxygens (including phenoxy) is 1. The van der Waals surface area contributed by atoms with Crippen LogP contribution in [-0.4, -0.2) is 39.1 Å². The van der Waals surface area contributed by atoms with Gasteiger partial charge in [0.15, 0.2) is 0 Å². The maximum atomic E-state index is 11.1. The molecule has 23 heavy (non-hydrogen) atoms. The largest absolute Gasteiger partial charge is 0.491 e. The Hall–Kier alpha value is -2.61. The van der Waals surface area contributed by atoms with Gasteiger partial charge in [-0.05, 0) is 31.5 Å². The van der Waals surface area contributed by atoms with E-state index in [4.69, 9.17) is 4.74 Å². The number of aliphatic hydroxyl groups excluding tert-OH is 1. The van der Waals surface area contributed by atoms with Crippen LogP contribution in [0.4, 0.5) is 11.5 Å². The first kappa shape index (κ1) is 16.8. The molecule has 0 amide bonds. The van der Waals surface area contributed by atoms with Gasteiger partial charge in [0.1, 0.15) is 24.2 Å². The summed E-state index contributed by atoms with van der Waals surface area (Å²) < 4.78 is 6.89. The van der Waals surface area contributed by atoms with Crippen LogP contribution in [0.1, 0.15) is 11.3 Å². The lowest BCUT2D eigenvalue weighted by atomic mass is 10.2. The Balaban J connectivity index is 1.92. The molecular formula is C15H20N4O4. The number of nitrogens with zero attached hydrogens (tertiary/aromatic N) is 3. The molecule has 0 radical (unpaired) electrons. The topological polar surface area (TPSA) is 102 Å². The molecule has 8 nitrogen and oxygen atoms in total. The van der Waals surface area contributed by atoms with E-state index >= 15 is 0 Å². The number of nitrogens with one attached hydrogen (secondary N) is 1. The predicted molar refractivity (Wildman–Crippen MR) is 85.8 cm³/mol. The lowest BCUT2D eigenvalue weighted by molar-refractivity contribution is -0.384. The molecule has 0 aliphatic rings. The highest BCUT2D eigenvalue weighted by Crippen LogP contribution is 2.27. The Kier molecular flexibility index (Phi) is 5.17. The zero-order valence-electron chi connectivity index (χ0n) is 13.3. The van der Waals surface area contributed by atoms with E-state index in [0.717, 1.165) is 5.56 Å². The SMILES string of the molecule is Cc1cccc(OCC(O)CNc2c([N+](=O)[O-])c(C)nn2C)c1. The van der Waals surface area contributed by atoms with Crippen LogP contribution in [0.3, 0.4) is 0 Å². The third kappa shape index (κ3) is 4.19. The maximum absolute atomic E-state index is 11.1. The number of benzene rings is 1. The molecule has 8 heteroatoms. The second-order valence-corrected chi connectivity index (χ2v) is 5.33. The van der Waals surface area contributed by atoms with E-state index in [1.807, 2.05) is 31.2 Å². The first-order chi connectivity index (χ1) is 10.9. The second kappa shape index (κ2) is 7.10.